The summed E-state index contributed by atoms with van der Waals surface area (Å²) in [6.45, 7) is 4.41. The van der Waals surface area contributed by atoms with Crippen molar-refractivity contribution in [2.24, 2.45) is 0 Å². The number of aliphatic carboxylic acids is 1. The lowest BCUT2D eigenvalue weighted by molar-refractivity contribution is -0.190. The molecule has 0 radical (unpaired) electrons. The Morgan fingerprint density at radius 2 is 1.82 bits per heavy atom. The lowest BCUT2D eigenvalue weighted by Crippen LogP contribution is -2.76. The fourth-order valence-electron chi connectivity index (χ4n) is 4.71. The number of hydrazine groups is 1. The number of carboxylic acid groups (broad SMARTS) is 1. The molecule has 0 saturated carbocycles. The highest BCUT2D eigenvalue weighted by Crippen LogP contribution is 2.30. The van der Waals surface area contributed by atoms with Crippen molar-refractivity contribution >= 4 is 23.8 Å². The number of hydrogen-bond donors (Lipinski definition) is 2. The molecule has 0 aromatic heterocycles. The van der Waals surface area contributed by atoms with Crippen LogP contribution in [0.15, 0.2) is 30.3 Å². The Hall–Kier alpha value is -3.14. The summed E-state index contributed by atoms with van der Waals surface area (Å²) < 4.78 is 0. The van der Waals surface area contributed by atoms with E-state index in [4.69, 9.17) is 0 Å². The molecule has 2 saturated heterocycles. The average molecular weight is 460 g/mol. The number of carbonyl (C=O) groups excluding carboxylic acids is 3. The molecular formula is C23H33N5O5. The molecule has 0 aliphatic carbocycles. The van der Waals surface area contributed by atoms with Crippen molar-refractivity contribution in [1.29, 1.82) is 0 Å². The van der Waals surface area contributed by atoms with E-state index in [1.807, 2.05) is 44.2 Å². The van der Waals surface area contributed by atoms with Crippen LogP contribution < -0.4 is 5.32 Å². The zero-order valence-corrected chi connectivity index (χ0v) is 19.4. The topological polar surface area (TPSA) is 114 Å². The van der Waals surface area contributed by atoms with E-state index in [1.165, 1.54) is 9.91 Å². The maximum atomic E-state index is 13.4. The van der Waals surface area contributed by atoms with Gasteiger partial charge in [0.1, 0.15) is 12.2 Å². The van der Waals surface area contributed by atoms with Gasteiger partial charge < -0.3 is 20.2 Å². The molecule has 2 heterocycles. The number of carbonyl (C=O) groups is 4. The number of piperazine rings is 1. The van der Waals surface area contributed by atoms with E-state index >= 15 is 0 Å². The summed E-state index contributed by atoms with van der Waals surface area (Å²) in [5.74, 6) is -1.57. The smallest absolute Gasteiger partial charge is 0.334 e. The molecule has 3 rings (SSSR count). The Morgan fingerprint density at radius 3 is 2.42 bits per heavy atom. The van der Waals surface area contributed by atoms with Gasteiger partial charge >= 0.3 is 12.0 Å². The number of amides is 4. The van der Waals surface area contributed by atoms with Crippen LogP contribution in [-0.2, 0) is 20.9 Å². The van der Waals surface area contributed by atoms with Crippen LogP contribution in [0.3, 0.4) is 0 Å². The lowest BCUT2D eigenvalue weighted by Gasteiger charge is -2.55. The average Bonchev–Trinajstić information content (AvgIpc) is 2.79. The first-order valence-electron chi connectivity index (χ1n) is 11.4. The van der Waals surface area contributed by atoms with E-state index in [0.717, 1.165) is 18.4 Å². The van der Waals surface area contributed by atoms with E-state index in [0.29, 0.717) is 6.54 Å². The van der Waals surface area contributed by atoms with Gasteiger partial charge in [0.25, 0.3) is 0 Å². The van der Waals surface area contributed by atoms with Crippen molar-refractivity contribution in [2.45, 2.75) is 64.3 Å². The molecule has 2 aliphatic rings. The number of carboxylic acids is 1. The molecule has 2 aliphatic heterocycles. The number of benzene rings is 1. The van der Waals surface area contributed by atoms with Crippen LogP contribution in [0.5, 0.6) is 0 Å². The maximum Gasteiger partial charge on any atom is 0.334 e. The molecule has 1 aromatic rings. The fourth-order valence-corrected chi connectivity index (χ4v) is 4.71. The third-order valence-corrected chi connectivity index (χ3v) is 6.40. The molecule has 2 atom stereocenters. The molecule has 10 heteroatoms. The van der Waals surface area contributed by atoms with Gasteiger partial charge in [0.05, 0.1) is 13.1 Å². The predicted octanol–water partition coefficient (Wildman–Crippen LogP) is 1.48. The first kappa shape index (κ1) is 24.5. The van der Waals surface area contributed by atoms with E-state index in [1.54, 1.807) is 17.0 Å². The van der Waals surface area contributed by atoms with Crippen molar-refractivity contribution in [3.8, 4) is 0 Å². The Balaban J connectivity index is 1.90. The van der Waals surface area contributed by atoms with Crippen LogP contribution in [-0.4, -0.2) is 87.1 Å². The number of nitrogens with zero attached hydrogens (tertiary/aromatic N) is 4. The first-order chi connectivity index (χ1) is 15.8. The second-order valence-electron chi connectivity index (χ2n) is 8.50. The van der Waals surface area contributed by atoms with Crippen molar-refractivity contribution in [1.82, 2.24) is 25.1 Å². The Kier molecular flexibility index (Phi) is 7.91. The highest BCUT2D eigenvalue weighted by molar-refractivity contribution is 5.92. The third kappa shape index (κ3) is 5.27. The van der Waals surface area contributed by atoms with Crippen LogP contribution in [0.2, 0.25) is 0 Å². The van der Waals surface area contributed by atoms with Crippen LogP contribution in [0, 0.1) is 0 Å². The quantitative estimate of drug-likeness (QED) is 0.609. The van der Waals surface area contributed by atoms with E-state index in [9.17, 15) is 24.3 Å². The van der Waals surface area contributed by atoms with Crippen LogP contribution >= 0.6 is 0 Å². The van der Waals surface area contributed by atoms with Crippen LogP contribution in [0.4, 0.5) is 4.79 Å². The molecule has 33 heavy (non-hydrogen) atoms. The molecule has 2 N–H and O–H groups in total. The van der Waals surface area contributed by atoms with Crippen LogP contribution in [0.1, 0.15) is 45.1 Å². The molecule has 0 bridgehead atoms. The molecule has 0 unspecified atom stereocenters. The van der Waals surface area contributed by atoms with Gasteiger partial charge in [-0.15, -0.1) is 0 Å². The second kappa shape index (κ2) is 10.7. The number of likely N-dealkylation sites (N-methyl/N-ethyl adjacent to an activating group) is 1. The van der Waals surface area contributed by atoms with Gasteiger partial charge in [0.2, 0.25) is 11.8 Å². The van der Waals surface area contributed by atoms with E-state index < -0.39 is 18.2 Å². The van der Waals surface area contributed by atoms with Crippen LogP contribution in [0.25, 0.3) is 0 Å². The number of nitrogens with one attached hydrogen (secondary N) is 1. The summed E-state index contributed by atoms with van der Waals surface area (Å²) in [7, 11) is 1.67. The summed E-state index contributed by atoms with van der Waals surface area (Å²) >= 11 is 0. The normalized spacial score (nSPS) is 21.4. The minimum atomic E-state index is -1.03. The molecular weight excluding hydrogens is 426 g/mol. The highest BCUT2D eigenvalue weighted by Gasteiger charge is 2.51. The number of hydrogen-bond acceptors (Lipinski definition) is 5. The molecule has 10 nitrogen and oxygen atoms in total. The first-order valence-corrected chi connectivity index (χ1v) is 11.4. The van der Waals surface area contributed by atoms with E-state index in [-0.39, 0.29) is 49.8 Å². The van der Waals surface area contributed by atoms with Gasteiger partial charge in [-0.05, 0) is 24.8 Å². The lowest BCUT2D eigenvalue weighted by atomic mass is 9.98. The highest BCUT2D eigenvalue weighted by atomic mass is 16.4. The maximum absolute atomic E-state index is 13.4. The molecule has 4 amide bonds. The minimum absolute atomic E-state index is 0.0102. The zero-order chi connectivity index (χ0) is 24.1. The van der Waals surface area contributed by atoms with Crippen molar-refractivity contribution in [3.05, 3.63) is 35.9 Å². The standard InChI is InChI=1S/C23H33N5O5/c1-4-17(5-2)26-14-19-27(18(22(26)32)11-12-21(30)31)20(29)15-25(3)28(19)23(33)24-13-16-9-7-6-8-10-16/h6-10,17-19H,4-5,11-15H2,1-3H3,(H,24,33)(H,30,31)/t18-,19-/m0/s1. The SMILES string of the molecule is CCC(CC)N1C[C@H]2N(C(=O)CN(C)N2C(=O)NCc2ccccc2)[C@@H](CCC(=O)O)C1=O. The summed E-state index contributed by atoms with van der Waals surface area (Å²) in [5.41, 5.74) is 0.940. The second-order valence-corrected chi connectivity index (χ2v) is 8.50. The van der Waals surface area contributed by atoms with Gasteiger partial charge in [0, 0.05) is 26.1 Å². The summed E-state index contributed by atoms with van der Waals surface area (Å²) in [6.07, 6.45) is 0.523. The van der Waals surface area contributed by atoms with Gasteiger partial charge in [-0.3, -0.25) is 14.4 Å². The molecule has 2 fully saturated rings. The van der Waals surface area contributed by atoms with Gasteiger partial charge in [-0.25, -0.2) is 14.8 Å². The number of urea groups is 1. The largest absolute Gasteiger partial charge is 0.481 e. The Labute approximate surface area is 194 Å². The monoisotopic (exact) mass is 459 g/mol. The third-order valence-electron chi connectivity index (χ3n) is 6.40. The van der Waals surface area contributed by atoms with E-state index in [2.05, 4.69) is 5.32 Å². The van der Waals surface area contributed by atoms with Gasteiger partial charge in [-0.1, -0.05) is 44.2 Å². The van der Waals surface area contributed by atoms with Crippen molar-refractivity contribution < 1.29 is 24.3 Å². The van der Waals surface area contributed by atoms with Crippen molar-refractivity contribution in [3.63, 3.8) is 0 Å². The number of fused-ring (bicyclic) bond motifs is 1. The molecule has 0 spiro atoms. The fraction of sp³-hybridized carbons (Fsp3) is 0.565. The van der Waals surface area contributed by atoms with Gasteiger partial charge in [-0.2, -0.15) is 0 Å². The summed E-state index contributed by atoms with van der Waals surface area (Å²) in [5, 5.41) is 15.2. The molecule has 1 aromatic carbocycles. The predicted molar refractivity (Wildman–Crippen MR) is 121 cm³/mol. The van der Waals surface area contributed by atoms with Gasteiger partial charge in [0.15, 0.2) is 0 Å². The number of rotatable bonds is 8. The zero-order valence-electron chi connectivity index (χ0n) is 19.4. The minimum Gasteiger partial charge on any atom is -0.481 e. The molecule has 180 valence electrons. The summed E-state index contributed by atoms with van der Waals surface area (Å²) in [6, 6.07) is 8.16. The Morgan fingerprint density at radius 1 is 1.15 bits per heavy atom. The Bertz CT molecular complexity index is 875. The van der Waals surface area contributed by atoms with Crippen molar-refractivity contribution in [2.75, 3.05) is 20.1 Å². The summed E-state index contributed by atoms with van der Waals surface area (Å²) in [4.78, 5) is 54.0.